The second-order valence-electron chi connectivity index (χ2n) is 6.08. The van der Waals surface area contributed by atoms with E-state index in [0.717, 1.165) is 23.5 Å². The molecule has 0 aliphatic heterocycles. The lowest BCUT2D eigenvalue weighted by molar-refractivity contribution is 0.628. The van der Waals surface area contributed by atoms with Crippen LogP contribution in [0.15, 0.2) is 77.9 Å². The summed E-state index contributed by atoms with van der Waals surface area (Å²) in [7, 11) is 0. The molecule has 0 unspecified atom stereocenters. The van der Waals surface area contributed by atoms with E-state index >= 15 is 0 Å². The lowest BCUT2D eigenvalue weighted by Gasteiger charge is -2.11. The molecule has 2 aromatic carbocycles. The molecule has 0 aliphatic rings. The van der Waals surface area contributed by atoms with E-state index in [0.29, 0.717) is 16.2 Å². The number of halogens is 2. The largest absolute Gasteiger partial charge is 0.339 e. The number of hydrogen-bond donors (Lipinski definition) is 2. The summed E-state index contributed by atoms with van der Waals surface area (Å²) in [6, 6.07) is 14.1. The van der Waals surface area contributed by atoms with Crippen LogP contribution in [-0.2, 0) is 6.54 Å². The number of imidazole rings is 1. The summed E-state index contributed by atoms with van der Waals surface area (Å²) in [5.74, 6) is 0.747. The molecule has 28 heavy (non-hydrogen) atoms. The number of nitrogens with zero attached hydrogens (tertiary/aromatic N) is 4. The van der Waals surface area contributed by atoms with Crippen molar-refractivity contribution in [3.8, 4) is 0 Å². The minimum Gasteiger partial charge on any atom is -0.339 e. The normalized spacial score (nSPS) is 10.6. The Morgan fingerprint density at radius 2 is 1.89 bits per heavy atom. The highest BCUT2D eigenvalue weighted by molar-refractivity contribution is 9.10. The minimum atomic E-state index is -0.287. The van der Waals surface area contributed by atoms with Crippen LogP contribution in [0.4, 0.5) is 27.5 Å². The van der Waals surface area contributed by atoms with E-state index in [9.17, 15) is 4.39 Å². The molecule has 2 heterocycles. The van der Waals surface area contributed by atoms with Crippen molar-refractivity contribution in [1.29, 1.82) is 0 Å². The SMILES string of the molecule is Fc1ccc(Nc2nc(Nc3cccc(Cn4ccnc4)c3)ncc2Br)cc1. The first-order chi connectivity index (χ1) is 13.7. The molecule has 0 bridgehead atoms. The van der Waals surface area contributed by atoms with Crippen molar-refractivity contribution in [2.24, 2.45) is 0 Å². The number of benzene rings is 2. The van der Waals surface area contributed by atoms with Crippen LogP contribution in [0.2, 0.25) is 0 Å². The van der Waals surface area contributed by atoms with E-state index in [4.69, 9.17) is 0 Å². The van der Waals surface area contributed by atoms with Crippen molar-refractivity contribution in [3.05, 3.63) is 89.3 Å². The van der Waals surface area contributed by atoms with E-state index < -0.39 is 0 Å². The Bertz CT molecular complexity index is 1070. The zero-order valence-corrected chi connectivity index (χ0v) is 16.3. The first kappa shape index (κ1) is 18.1. The van der Waals surface area contributed by atoms with Gasteiger partial charge in [-0.15, -0.1) is 0 Å². The van der Waals surface area contributed by atoms with Gasteiger partial charge in [-0.3, -0.25) is 0 Å². The maximum Gasteiger partial charge on any atom is 0.229 e. The molecule has 4 rings (SSSR count). The molecule has 0 amide bonds. The van der Waals surface area contributed by atoms with Crippen LogP contribution in [0.1, 0.15) is 5.56 Å². The fourth-order valence-corrected chi connectivity index (χ4v) is 2.94. The number of anilines is 4. The molecular weight excluding hydrogens is 423 g/mol. The average molecular weight is 439 g/mol. The van der Waals surface area contributed by atoms with Crippen LogP contribution >= 0.6 is 15.9 Å². The third-order valence-electron chi connectivity index (χ3n) is 3.96. The Labute approximate surface area is 169 Å². The Hall–Kier alpha value is -3.26. The molecule has 0 radical (unpaired) electrons. The standard InChI is InChI=1S/C20H16BrFN6/c21-18-11-24-20(27-19(18)25-16-6-4-15(22)5-7-16)26-17-3-1-2-14(10-17)12-28-9-8-23-13-28/h1-11,13H,12H2,(H2,24,25,26,27). The van der Waals surface area contributed by atoms with Crippen molar-refractivity contribution in [3.63, 3.8) is 0 Å². The molecule has 0 spiro atoms. The third-order valence-corrected chi connectivity index (χ3v) is 4.54. The Balaban J connectivity index is 1.51. The Kier molecular flexibility index (Phi) is 5.29. The van der Waals surface area contributed by atoms with Gasteiger partial charge >= 0.3 is 0 Å². The zero-order chi connectivity index (χ0) is 19.3. The van der Waals surface area contributed by atoms with Crippen molar-refractivity contribution < 1.29 is 4.39 Å². The first-order valence-corrected chi connectivity index (χ1v) is 9.32. The quantitative estimate of drug-likeness (QED) is 0.437. The van der Waals surface area contributed by atoms with Crippen molar-refractivity contribution in [1.82, 2.24) is 19.5 Å². The summed E-state index contributed by atoms with van der Waals surface area (Å²) < 4.78 is 15.8. The summed E-state index contributed by atoms with van der Waals surface area (Å²) in [4.78, 5) is 12.9. The van der Waals surface area contributed by atoms with Crippen molar-refractivity contribution in [2.45, 2.75) is 6.54 Å². The summed E-state index contributed by atoms with van der Waals surface area (Å²) in [5.41, 5.74) is 2.74. The molecule has 4 aromatic rings. The number of rotatable bonds is 6. The van der Waals surface area contributed by atoms with E-state index in [1.54, 1.807) is 30.9 Å². The summed E-state index contributed by atoms with van der Waals surface area (Å²) in [6.07, 6.45) is 7.13. The summed E-state index contributed by atoms with van der Waals surface area (Å²) in [5, 5.41) is 6.37. The van der Waals surface area contributed by atoms with Crippen LogP contribution < -0.4 is 10.6 Å². The highest BCUT2D eigenvalue weighted by Gasteiger charge is 2.07. The molecule has 0 aliphatic carbocycles. The lowest BCUT2D eigenvalue weighted by atomic mass is 10.2. The first-order valence-electron chi connectivity index (χ1n) is 8.52. The lowest BCUT2D eigenvalue weighted by Crippen LogP contribution is -2.02. The van der Waals surface area contributed by atoms with Gasteiger partial charge in [-0.05, 0) is 57.9 Å². The monoisotopic (exact) mass is 438 g/mol. The van der Waals surface area contributed by atoms with Gasteiger partial charge in [0.1, 0.15) is 11.6 Å². The molecule has 0 saturated heterocycles. The van der Waals surface area contributed by atoms with Crippen LogP contribution in [0.25, 0.3) is 0 Å². The van der Waals surface area contributed by atoms with Gasteiger partial charge in [0.05, 0.1) is 10.8 Å². The van der Waals surface area contributed by atoms with Gasteiger partial charge in [0.25, 0.3) is 0 Å². The predicted molar refractivity (Wildman–Crippen MR) is 110 cm³/mol. The molecule has 8 heteroatoms. The summed E-state index contributed by atoms with van der Waals surface area (Å²) >= 11 is 3.43. The third kappa shape index (κ3) is 4.52. The number of nitrogens with one attached hydrogen (secondary N) is 2. The second-order valence-corrected chi connectivity index (χ2v) is 6.94. The Morgan fingerprint density at radius 1 is 1.04 bits per heavy atom. The van der Waals surface area contributed by atoms with Gasteiger partial charge in [0, 0.05) is 36.5 Å². The van der Waals surface area contributed by atoms with Gasteiger partial charge in [0.2, 0.25) is 5.95 Å². The van der Waals surface area contributed by atoms with Crippen LogP contribution in [0.5, 0.6) is 0 Å². The molecule has 140 valence electrons. The van der Waals surface area contributed by atoms with Gasteiger partial charge < -0.3 is 15.2 Å². The van der Waals surface area contributed by atoms with Crippen LogP contribution in [-0.4, -0.2) is 19.5 Å². The van der Waals surface area contributed by atoms with Gasteiger partial charge in [-0.2, -0.15) is 4.98 Å². The maximum absolute atomic E-state index is 13.1. The zero-order valence-electron chi connectivity index (χ0n) is 14.7. The number of aromatic nitrogens is 4. The van der Waals surface area contributed by atoms with E-state index in [-0.39, 0.29) is 5.82 Å². The fourth-order valence-electron chi connectivity index (χ4n) is 2.65. The van der Waals surface area contributed by atoms with Gasteiger partial charge in [-0.25, -0.2) is 14.4 Å². The minimum absolute atomic E-state index is 0.287. The second kappa shape index (κ2) is 8.18. The number of hydrogen-bond acceptors (Lipinski definition) is 5. The summed E-state index contributed by atoms with van der Waals surface area (Å²) in [6.45, 7) is 0.730. The van der Waals surface area contributed by atoms with Crippen LogP contribution in [0.3, 0.4) is 0 Å². The van der Waals surface area contributed by atoms with Crippen molar-refractivity contribution >= 4 is 39.1 Å². The smallest absolute Gasteiger partial charge is 0.229 e. The Morgan fingerprint density at radius 3 is 2.68 bits per heavy atom. The van der Waals surface area contributed by atoms with E-state index in [2.05, 4.69) is 47.6 Å². The molecule has 2 N–H and O–H groups in total. The maximum atomic E-state index is 13.1. The van der Waals surface area contributed by atoms with Gasteiger partial charge in [-0.1, -0.05) is 12.1 Å². The molecular formula is C20H16BrFN6. The topological polar surface area (TPSA) is 67.7 Å². The molecule has 0 fully saturated rings. The van der Waals surface area contributed by atoms with E-state index in [1.807, 2.05) is 29.0 Å². The molecule has 0 atom stereocenters. The van der Waals surface area contributed by atoms with Crippen molar-refractivity contribution in [2.75, 3.05) is 10.6 Å². The highest BCUT2D eigenvalue weighted by Crippen LogP contribution is 2.25. The average Bonchev–Trinajstić information content (AvgIpc) is 3.20. The predicted octanol–water partition coefficient (Wildman–Crippen LogP) is 5.11. The van der Waals surface area contributed by atoms with Gasteiger partial charge in [0.15, 0.2) is 0 Å². The highest BCUT2D eigenvalue weighted by atomic mass is 79.9. The molecule has 6 nitrogen and oxygen atoms in total. The van der Waals surface area contributed by atoms with Crippen LogP contribution in [0, 0.1) is 5.82 Å². The fraction of sp³-hybridized carbons (Fsp3) is 0.0500. The molecule has 2 aromatic heterocycles. The van der Waals surface area contributed by atoms with E-state index in [1.165, 1.54) is 12.1 Å². The molecule has 0 saturated carbocycles.